The third kappa shape index (κ3) is 3.89. The average Bonchev–Trinajstić information content (AvgIpc) is 2.37. The van der Waals surface area contributed by atoms with Crippen molar-refractivity contribution in [2.75, 3.05) is 23.7 Å². The summed E-state index contributed by atoms with van der Waals surface area (Å²) in [7, 11) is 0. The van der Waals surface area contributed by atoms with Crippen LogP contribution in [0.3, 0.4) is 0 Å². The van der Waals surface area contributed by atoms with Gasteiger partial charge in [0, 0.05) is 42.9 Å². The third-order valence-electron chi connectivity index (χ3n) is 3.09. The molecule has 2 rings (SSSR count). The summed E-state index contributed by atoms with van der Waals surface area (Å²) in [6, 6.07) is 4.86. The zero-order chi connectivity index (χ0) is 13.0. The first-order valence-electron chi connectivity index (χ1n) is 6.70. The van der Waals surface area contributed by atoms with Gasteiger partial charge in [0.2, 0.25) is 0 Å². The molecule has 1 aliphatic heterocycles. The Balaban J connectivity index is 1.94. The number of thioether (sulfide) groups is 1. The van der Waals surface area contributed by atoms with Crippen molar-refractivity contribution in [3.05, 3.63) is 23.9 Å². The van der Waals surface area contributed by atoms with Gasteiger partial charge < -0.3 is 10.2 Å². The van der Waals surface area contributed by atoms with E-state index in [1.165, 1.54) is 11.3 Å². The molecule has 100 valence electrons. The van der Waals surface area contributed by atoms with Gasteiger partial charge in [-0.05, 0) is 11.6 Å². The molecular weight excluding hydrogens is 242 g/mol. The van der Waals surface area contributed by atoms with Crippen LogP contribution in [0.5, 0.6) is 0 Å². The molecule has 3 nitrogen and oxygen atoms in total. The number of pyridine rings is 1. The molecule has 1 aliphatic rings. The van der Waals surface area contributed by atoms with Gasteiger partial charge in [0.25, 0.3) is 0 Å². The fourth-order valence-electron chi connectivity index (χ4n) is 2.06. The van der Waals surface area contributed by atoms with Crippen molar-refractivity contribution in [1.29, 1.82) is 0 Å². The van der Waals surface area contributed by atoms with Crippen molar-refractivity contribution in [3.63, 3.8) is 0 Å². The molecule has 0 aromatic carbocycles. The summed E-state index contributed by atoms with van der Waals surface area (Å²) < 4.78 is 0. The standard InChI is InChI=1S/C14H23N3S/c1-11(2)15-8-13-4-5-14(16-9-13)17-6-7-18-12(3)10-17/h4-5,9,11-12,15H,6-8,10H2,1-3H3. The molecule has 18 heavy (non-hydrogen) atoms. The van der Waals surface area contributed by atoms with Gasteiger partial charge in [0.15, 0.2) is 0 Å². The highest BCUT2D eigenvalue weighted by molar-refractivity contribution is 8.00. The fourth-order valence-corrected chi connectivity index (χ4v) is 3.07. The van der Waals surface area contributed by atoms with Crippen LogP contribution in [0.25, 0.3) is 0 Å². The predicted octanol–water partition coefficient (Wildman–Crippen LogP) is 2.52. The summed E-state index contributed by atoms with van der Waals surface area (Å²) >= 11 is 2.05. The maximum Gasteiger partial charge on any atom is 0.128 e. The van der Waals surface area contributed by atoms with Crippen LogP contribution >= 0.6 is 11.8 Å². The summed E-state index contributed by atoms with van der Waals surface area (Å²) in [5.41, 5.74) is 1.26. The van der Waals surface area contributed by atoms with E-state index >= 15 is 0 Å². The maximum atomic E-state index is 4.59. The lowest BCUT2D eigenvalue weighted by Gasteiger charge is -2.31. The highest BCUT2D eigenvalue weighted by Gasteiger charge is 2.17. The summed E-state index contributed by atoms with van der Waals surface area (Å²) in [5.74, 6) is 2.33. The van der Waals surface area contributed by atoms with Crippen molar-refractivity contribution in [1.82, 2.24) is 10.3 Å². The molecule has 1 fully saturated rings. The molecule has 0 aliphatic carbocycles. The first-order chi connectivity index (χ1) is 8.65. The van der Waals surface area contributed by atoms with Crippen LogP contribution in [-0.4, -0.2) is 35.1 Å². The molecule has 1 aromatic heterocycles. The highest BCUT2D eigenvalue weighted by atomic mass is 32.2. The van der Waals surface area contributed by atoms with Crippen LogP contribution in [0, 0.1) is 0 Å². The number of rotatable bonds is 4. The van der Waals surface area contributed by atoms with Gasteiger partial charge in [-0.1, -0.05) is 26.8 Å². The van der Waals surface area contributed by atoms with E-state index in [4.69, 9.17) is 0 Å². The lowest BCUT2D eigenvalue weighted by atomic mass is 10.2. The van der Waals surface area contributed by atoms with Crippen LogP contribution < -0.4 is 10.2 Å². The summed E-state index contributed by atoms with van der Waals surface area (Å²) in [4.78, 5) is 6.98. The molecule has 4 heteroatoms. The Morgan fingerprint density at radius 3 is 2.94 bits per heavy atom. The molecular formula is C14H23N3S. The van der Waals surface area contributed by atoms with E-state index in [-0.39, 0.29) is 0 Å². The normalized spacial score (nSPS) is 20.4. The molecule has 1 N–H and O–H groups in total. The fraction of sp³-hybridized carbons (Fsp3) is 0.643. The largest absolute Gasteiger partial charge is 0.355 e. The Bertz CT molecular complexity index is 364. The second kappa shape index (κ2) is 6.43. The number of aromatic nitrogens is 1. The maximum absolute atomic E-state index is 4.59. The molecule has 2 heterocycles. The molecule has 1 aromatic rings. The van der Waals surface area contributed by atoms with Crippen LogP contribution in [0.2, 0.25) is 0 Å². The van der Waals surface area contributed by atoms with Gasteiger partial charge in [-0.25, -0.2) is 4.98 Å². The quantitative estimate of drug-likeness (QED) is 0.905. The van der Waals surface area contributed by atoms with Gasteiger partial charge in [-0.15, -0.1) is 0 Å². The highest BCUT2D eigenvalue weighted by Crippen LogP contribution is 2.22. The Kier molecular flexibility index (Phi) is 4.89. The number of hydrogen-bond acceptors (Lipinski definition) is 4. The number of anilines is 1. The van der Waals surface area contributed by atoms with E-state index in [9.17, 15) is 0 Å². The number of nitrogens with one attached hydrogen (secondary N) is 1. The number of hydrogen-bond donors (Lipinski definition) is 1. The molecule has 0 spiro atoms. The van der Waals surface area contributed by atoms with E-state index < -0.39 is 0 Å². The van der Waals surface area contributed by atoms with Crippen LogP contribution in [0.15, 0.2) is 18.3 Å². The van der Waals surface area contributed by atoms with Gasteiger partial charge >= 0.3 is 0 Å². The van der Waals surface area contributed by atoms with E-state index in [0.29, 0.717) is 11.3 Å². The minimum Gasteiger partial charge on any atom is -0.355 e. The molecule has 1 saturated heterocycles. The Hall–Kier alpha value is -0.740. The van der Waals surface area contributed by atoms with Gasteiger partial charge in [-0.2, -0.15) is 11.8 Å². The van der Waals surface area contributed by atoms with E-state index in [1.54, 1.807) is 0 Å². The third-order valence-corrected chi connectivity index (χ3v) is 4.23. The van der Waals surface area contributed by atoms with E-state index in [2.05, 4.69) is 59.9 Å². The monoisotopic (exact) mass is 265 g/mol. The van der Waals surface area contributed by atoms with Gasteiger partial charge in [0.1, 0.15) is 5.82 Å². The predicted molar refractivity (Wildman–Crippen MR) is 80.3 cm³/mol. The van der Waals surface area contributed by atoms with Crippen molar-refractivity contribution >= 4 is 17.6 Å². The van der Waals surface area contributed by atoms with E-state index in [1.807, 2.05) is 6.20 Å². The second-order valence-electron chi connectivity index (χ2n) is 5.19. The Morgan fingerprint density at radius 1 is 1.50 bits per heavy atom. The minimum absolute atomic E-state index is 0.518. The van der Waals surface area contributed by atoms with Crippen LogP contribution in [0.4, 0.5) is 5.82 Å². The van der Waals surface area contributed by atoms with Crippen molar-refractivity contribution < 1.29 is 0 Å². The molecule has 0 bridgehead atoms. The first kappa shape index (κ1) is 13.7. The van der Waals surface area contributed by atoms with Gasteiger partial charge in [0.05, 0.1) is 0 Å². The Morgan fingerprint density at radius 2 is 2.33 bits per heavy atom. The lowest BCUT2D eigenvalue weighted by molar-refractivity contribution is 0.588. The average molecular weight is 265 g/mol. The van der Waals surface area contributed by atoms with Gasteiger partial charge in [-0.3, -0.25) is 0 Å². The summed E-state index contributed by atoms with van der Waals surface area (Å²) in [5, 5.41) is 4.12. The zero-order valence-corrected chi connectivity index (χ0v) is 12.3. The molecule has 1 unspecified atom stereocenters. The Labute approximate surface area is 114 Å². The minimum atomic E-state index is 0.518. The molecule has 0 saturated carbocycles. The first-order valence-corrected chi connectivity index (χ1v) is 7.75. The van der Waals surface area contributed by atoms with Crippen LogP contribution in [0.1, 0.15) is 26.3 Å². The molecule has 1 atom stereocenters. The number of nitrogens with zero attached hydrogens (tertiary/aromatic N) is 2. The topological polar surface area (TPSA) is 28.2 Å². The zero-order valence-electron chi connectivity index (χ0n) is 11.5. The van der Waals surface area contributed by atoms with E-state index in [0.717, 1.165) is 25.5 Å². The van der Waals surface area contributed by atoms with Crippen LogP contribution in [-0.2, 0) is 6.54 Å². The smallest absolute Gasteiger partial charge is 0.128 e. The summed E-state index contributed by atoms with van der Waals surface area (Å²) in [6.07, 6.45) is 2.00. The van der Waals surface area contributed by atoms with Crippen molar-refractivity contribution in [2.45, 2.75) is 38.6 Å². The summed E-state index contributed by atoms with van der Waals surface area (Å²) in [6.45, 7) is 9.74. The van der Waals surface area contributed by atoms with Crippen molar-refractivity contribution in [3.8, 4) is 0 Å². The van der Waals surface area contributed by atoms with Crippen molar-refractivity contribution in [2.24, 2.45) is 0 Å². The molecule has 0 radical (unpaired) electrons. The second-order valence-corrected chi connectivity index (χ2v) is 6.73. The SMILES string of the molecule is CC(C)NCc1ccc(N2CCSC(C)C2)nc1. The molecule has 0 amide bonds. The lowest BCUT2D eigenvalue weighted by Crippen LogP contribution is -2.37.